The molecule has 1 saturated heterocycles. The number of rotatable bonds is 7. The molecule has 2 aliphatic rings. The molecule has 0 aromatic carbocycles. The van der Waals surface area contributed by atoms with Gasteiger partial charge < -0.3 is 20.1 Å². The summed E-state index contributed by atoms with van der Waals surface area (Å²) in [6.07, 6.45) is 7.54. The summed E-state index contributed by atoms with van der Waals surface area (Å²) in [7, 11) is 2.19. The van der Waals surface area contributed by atoms with Gasteiger partial charge in [-0.2, -0.15) is 0 Å². The van der Waals surface area contributed by atoms with E-state index in [1.165, 1.54) is 45.2 Å². The normalized spacial score (nSPS) is 33.0. The summed E-state index contributed by atoms with van der Waals surface area (Å²) in [5.41, 5.74) is 0. The number of ether oxygens (including phenoxy) is 1. The Morgan fingerprint density at radius 2 is 2.14 bits per heavy atom. The van der Waals surface area contributed by atoms with E-state index in [9.17, 15) is 5.11 Å². The highest BCUT2D eigenvalue weighted by molar-refractivity contribution is 4.74. The van der Waals surface area contributed by atoms with Gasteiger partial charge in [0.25, 0.3) is 0 Å². The highest BCUT2D eigenvalue weighted by Crippen LogP contribution is 2.25. The van der Waals surface area contributed by atoms with Gasteiger partial charge >= 0.3 is 0 Å². The van der Waals surface area contributed by atoms with Crippen molar-refractivity contribution < 1.29 is 9.84 Å². The molecule has 4 unspecified atom stereocenters. The van der Waals surface area contributed by atoms with Crippen LogP contribution in [0.15, 0.2) is 0 Å². The van der Waals surface area contributed by atoms with Gasteiger partial charge in [0.05, 0.1) is 18.8 Å². The minimum absolute atomic E-state index is 0.371. The molecule has 4 heteroatoms. The number of aliphatic hydroxyl groups is 1. The van der Waals surface area contributed by atoms with Crippen LogP contribution in [0.4, 0.5) is 0 Å². The third kappa shape index (κ3) is 6.64. The fourth-order valence-electron chi connectivity index (χ4n) is 3.73. The standard InChI is InChI=1S/C17H34N2O2/c1-14-5-3-7-17(9-14)21-13-16(20)11-18-10-15-6-4-8-19(2)12-15/h14-18,20H,3-13H2,1-2H3. The molecule has 1 heterocycles. The van der Waals surface area contributed by atoms with Crippen LogP contribution in [-0.2, 0) is 4.74 Å². The van der Waals surface area contributed by atoms with E-state index in [1.807, 2.05) is 0 Å². The van der Waals surface area contributed by atoms with Crippen molar-refractivity contribution in [1.82, 2.24) is 10.2 Å². The maximum atomic E-state index is 10.0. The molecule has 2 N–H and O–H groups in total. The van der Waals surface area contributed by atoms with Gasteiger partial charge in [-0.1, -0.05) is 19.8 Å². The van der Waals surface area contributed by atoms with Crippen molar-refractivity contribution in [1.29, 1.82) is 0 Å². The van der Waals surface area contributed by atoms with Gasteiger partial charge in [0.1, 0.15) is 0 Å². The molecule has 0 radical (unpaired) electrons. The van der Waals surface area contributed by atoms with E-state index >= 15 is 0 Å². The summed E-state index contributed by atoms with van der Waals surface area (Å²) in [6.45, 7) is 6.86. The molecule has 0 aromatic heterocycles. The first-order valence-corrected chi connectivity index (χ1v) is 8.82. The summed E-state index contributed by atoms with van der Waals surface area (Å²) in [4.78, 5) is 2.40. The van der Waals surface area contributed by atoms with E-state index in [0.717, 1.165) is 24.8 Å². The number of piperidine rings is 1. The number of nitrogens with zero attached hydrogens (tertiary/aromatic N) is 1. The number of likely N-dealkylation sites (tertiary alicyclic amines) is 1. The molecule has 4 atom stereocenters. The first-order chi connectivity index (χ1) is 10.1. The molecule has 2 fully saturated rings. The summed E-state index contributed by atoms with van der Waals surface area (Å²) in [5, 5.41) is 13.4. The lowest BCUT2D eigenvalue weighted by Crippen LogP contribution is -2.40. The van der Waals surface area contributed by atoms with Gasteiger partial charge in [-0.05, 0) is 57.7 Å². The Kier molecular flexibility index (Phi) is 7.44. The van der Waals surface area contributed by atoms with Crippen LogP contribution in [0.5, 0.6) is 0 Å². The third-order valence-electron chi connectivity index (χ3n) is 4.95. The van der Waals surface area contributed by atoms with Crippen LogP contribution in [-0.4, -0.2) is 62.0 Å². The molecular weight excluding hydrogens is 264 g/mol. The van der Waals surface area contributed by atoms with Gasteiger partial charge in [-0.3, -0.25) is 0 Å². The number of hydrogen-bond acceptors (Lipinski definition) is 4. The van der Waals surface area contributed by atoms with Crippen LogP contribution in [0.1, 0.15) is 45.4 Å². The highest BCUT2D eigenvalue weighted by atomic mass is 16.5. The first-order valence-electron chi connectivity index (χ1n) is 8.82. The largest absolute Gasteiger partial charge is 0.389 e. The zero-order valence-corrected chi connectivity index (χ0v) is 13.9. The molecule has 0 bridgehead atoms. The Balaban J connectivity index is 1.52. The predicted octanol–water partition coefficient (Wildman–Crippen LogP) is 1.87. The SMILES string of the molecule is CC1CCCC(OCC(O)CNCC2CCCN(C)C2)C1. The van der Waals surface area contributed by atoms with Gasteiger partial charge in [0.15, 0.2) is 0 Å². The van der Waals surface area contributed by atoms with Crippen molar-refractivity contribution in [3.63, 3.8) is 0 Å². The maximum absolute atomic E-state index is 10.0. The second kappa shape index (κ2) is 9.09. The maximum Gasteiger partial charge on any atom is 0.0897 e. The Hall–Kier alpha value is -0.160. The van der Waals surface area contributed by atoms with Crippen molar-refractivity contribution in [2.24, 2.45) is 11.8 Å². The lowest BCUT2D eigenvalue weighted by Gasteiger charge is -2.30. The summed E-state index contributed by atoms with van der Waals surface area (Å²) < 4.78 is 5.88. The van der Waals surface area contributed by atoms with E-state index in [4.69, 9.17) is 4.74 Å². The average molecular weight is 298 g/mol. The zero-order valence-electron chi connectivity index (χ0n) is 13.9. The summed E-state index contributed by atoms with van der Waals surface area (Å²) in [6, 6.07) is 0. The second-order valence-electron chi connectivity index (χ2n) is 7.31. The smallest absolute Gasteiger partial charge is 0.0897 e. The van der Waals surface area contributed by atoms with Crippen molar-refractivity contribution in [3.8, 4) is 0 Å². The Bertz CT molecular complexity index is 288. The molecule has 1 aliphatic carbocycles. The summed E-state index contributed by atoms with van der Waals surface area (Å²) >= 11 is 0. The third-order valence-corrected chi connectivity index (χ3v) is 4.95. The fourth-order valence-corrected chi connectivity index (χ4v) is 3.73. The summed E-state index contributed by atoms with van der Waals surface area (Å²) in [5.74, 6) is 1.51. The molecule has 0 spiro atoms. The molecule has 4 nitrogen and oxygen atoms in total. The van der Waals surface area contributed by atoms with Crippen LogP contribution < -0.4 is 5.32 Å². The second-order valence-corrected chi connectivity index (χ2v) is 7.31. The number of aliphatic hydroxyl groups excluding tert-OH is 1. The average Bonchev–Trinajstić information content (AvgIpc) is 2.45. The van der Waals surface area contributed by atoms with Crippen LogP contribution in [0, 0.1) is 11.8 Å². The fraction of sp³-hybridized carbons (Fsp3) is 1.00. The molecule has 0 amide bonds. The van der Waals surface area contributed by atoms with E-state index < -0.39 is 0 Å². The van der Waals surface area contributed by atoms with E-state index in [2.05, 4.69) is 24.2 Å². The number of nitrogens with one attached hydrogen (secondary N) is 1. The van der Waals surface area contributed by atoms with Crippen LogP contribution >= 0.6 is 0 Å². The predicted molar refractivity (Wildman–Crippen MR) is 86.5 cm³/mol. The van der Waals surface area contributed by atoms with E-state index in [1.54, 1.807) is 0 Å². The first kappa shape index (κ1) is 17.2. The lowest BCUT2D eigenvalue weighted by molar-refractivity contribution is -0.0308. The van der Waals surface area contributed by atoms with E-state index in [-0.39, 0.29) is 6.10 Å². The highest BCUT2D eigenvalue weighted by Gasteiger charge is 2.20. The lowest BCUT2D eigenvalue weighted by atomic mass is 9.89. The molecule has 21 heavy (non-hydrogen) atoms. The van der Waals surface area contributed by atoms with Crippen molar-refractivity contribution >= 4 is 0 Å². The topological polar surface area (TPSA) is 44.7 Å². The van der Waals surface area contributed by atoms with Crippen molar-refractivity contribution in [2.75, 3.05) is 39.8 Å². The molecule has 0 aromatic rings. The molecule has 1 aliphatic heterocycles. The minimum atomic E-state index is -0.372. The van der Waals surface area contributed by atoms with Gasteiger partial charge in [0.2, 0.25) is 0 Å². The number of hydrogen-bond donors (Lipinski definition) is 2. The quantitative estimate of drug-likeness (QED) is 0.753. The molecular formula is C17H34N2O2. The van der Waals surface area contributed by atoms with Gasteiger partial charge in [-0.15, -0.1) is 0 Å². The van der Waals surface area contributed by atoms with Gasteiger partial charge in [0, 0.05) is 13.1 Å². The van der Waals surface area contributed by atoms with Crippen LogP contribution in [0.2, 0.25) is 0 Å². The van der Waals surface area contributed by atoms with E-state index in [0.29, 0.717) is 19.3 Å². The molecule has 1 saturated carbocycles. The Labute approximate surface area is 130 Å². The van der Waals surface area contributed by atoms with Crippen molar-refractivity contribution in [3.05, 3.63) is 0 Å². The monoisotopic (exact) mass is 298 g/mol. The minimum Gasteiger partial charge on any atom is -0.389 e. The zero-order chi connectivity index (χ0) is 15.1. The Morgan fingerprint density at radius 1 is 1.29 bits per heavy atom. The van der Waals surface area contributed by atoms with Crippen LogP contribution in [0.3, 0.4) is 0 Å². The Morgan fingerprint density at radius 3 is 2.90 bits per heavy atom. The van der Waals surface area contributed by atoms with Crippen molar-refractivity contribution in [2.45, 2.75) is 57.7 Å². The molecule has 2 rings (SSSR count). The molecule has 124 valence electrons. The van der Waals surface area contributed by atoms with Crippen LogP contribution in [0.25, 0.3) is 0 Å². The van der Waals surface area contributed by atoms with Gasteiger partial charge in [-0.25, -0.2) is 0 Å².